The number of rotatable bonds is 1. The van der Waals surface area contributed by atoms with Crippen LogP contribution in [0.3, 0.4) is 0 Å². The number of fused-ring (bicyclic) bond motifs is 1. The number of halogens is 1. The number of amides is 1. The summed E-state index contributed by atoms with van der Waals surface area (Å²) in [6.07, 6.45) is 0.911. The van der Waals surface area contributed by atoms with E-state index in [1.165, 1.54) is 0 Å². The van der Waals surface area contributed by atoms with Crippen molar-refractivity contribution < 1.29 is 4.79 Å². The van der Waals surface area contributed by atoms with Crippen LogP contribution in [0.15, 0.2) is 24.3 Å². The zero-order valence-corrected chi connectivity index (χ0v) is 7.92. The molecule has 1 amide bonds. The van der Waals surface area contributed by atoms with Crippen LogP contribution in [0.25, 0.3) is 0 Å². The topological polar surface area (TPSA) is 20.3 Å². The van der Waals surface area contributed by atoms with Gasteiger partial charge in [-0.05, 0) is 18.1 Å². The Balaban J connectivity index is 2.39. The molecule has 0 saturated carbocycles. The fourth-order valence-corrected chi connectivity index (χ4v) is 1.82. The van der Waals surface area contributed by atoms with E-state index in [1.807, 2.05) is 24.3 Å². The Morgan fingerprint density at radius 1 is 1.38 bits per heavy atom. The number of benzene rings is 1. The second-order valence-corrected chi connectivity index (χ2v) is 3.33. The molecule has 2 rings (SSSR count). The van der Waals surface area contributed by atoms with Gasteiger partial charge in [0.1, 0.15) is 0 Å². The molecular formula is C10H10ClNO. The van der Waals surface area contributed by atoms with Crippen molar-refractivity contribution in [2.45, 2.75) is 6.42 Å². The molecule has 0 atom stereocenters. The lowest BCUT2D eigenvalue weighted by molar-refractivity contribution is 0.0769. The molecule has 1 aliphatic rings. The van der Waals surface area contributed by atoms with Crippen LogP contribution < -0.4 is 0 Å². The third-order valence-electron chi connectivity index (χ3n) is 2.33. The first-order valence-electron chi connectivity index (χ1n) is 4.26. The predicted octanol–water partition coefficient (Wildman–Crippen LogP) is 1.88. The molecule has 68 valence electrons. The predicted molar refractivity (Wildman–Crippen MR) is 51.9 cm³/mol. The van der Waals surface area contributed by atoms with Crippen molar-refractivity contribution in [3.63, 3.8) is 0 Å². The molecular weight excluding hydrogens is 186 g/mol. The maximum atomic E-state index is 11.7. The first-order chi connectivity index (χ1) is 6.33. The molecule has 13 heavy (non-hydrogen) atoms. The molecule has 1 heterocycles. The Bertz CT molecular complexity index is 337. The van der Waals surface area contributed by atoms with Gasteiger partial charge in [-0.25, -0.2) is 0 Å². The van der Waals surface area contributed by atoms with Crippen molar-refractivity contribution in [3.05, 3.63) is 35.4 Å². The van der Waals surface area contributed by atoms with Crippen molar-refractivity contribution in [2.75, 3.05) is 12.5 Å². The maximum absolute atomic E-state index is 11.7. The highest BCUT2D eigenvalue weighted by Crippen LogP contribution is 2.18. The van der Waals surface area contributed by atoms with Gasteiger partial charge in [0.15, 0.2) is 0 Å². The summed E-state index contributed by atoms with van der Waals surface area (Å²) in [5.41, 5.74) is 1.93. The molecule has 0 N–H and O–H groups in total. The fourth-order valence-electron chi connectivity index (χ4n) is 1.59. The number of carbonyl (C=O) groups is 1. The van der Waals surface area contributed by atoms with E-state index < -0.39 is 0 Å². The van der Waals surface area contributed by atoms with Crippen LogP contribution in [0.5, 0.6) is 0 Å². The summed E-state index contributed by atoms with van der Waals surface area (Å²) in [7, 11) is 0. The lowest BCUT2D eigenvalue weighted by Crippen LogP contribution is -2.36. The van der Waals surface area contributed by atoms with Gasteiger partial charge < -0.3 is 4.90 Å². The van der Waals surface area contributed by atoms with E-state index in [1.54, 1.807) is 4.90 Å². The molecule has 1 aromatic rings. The fraction of sp³-hybridized carbons (Fsp3) is 0.300. The molecule has 2 nitrogen and oxygen atoms in total. The zero-order chi connectivity index (χ0) is 9.26. The number of alkyl halides is 1. The van der Waals surface area contributed by atoms with Gasteiger partial charge >= 0.3 is 0 Å². The van der Waals surface area contributed by atoms with Gasteiger partial charge in [-0.2, -0.15) is 0 Å². The Hall–Kier alpha value is -1.02. The van der Waals surface area contributed by atoms with Gasteiger partial charge in [0, 0.05) is 12.1 Å². The third-order valence-corrected chi connectivity index (χ3v) is 2.62. The van der Waals surface area contributed by atoms with Gasteiger partial charge in [-0.3, -0.25) is 4.79 Å². The largest absolute Gasteiger partial charge is 0.325 e. The quantitative estimate of drug-likeness (QED) is 0.495. The van der Waals surface area contributed by atoms with Crippen LogP contribution in [0.4, 0.5) is 0 Å². The number of carbonyl (C=O) groups excluding carboxylic acids is 1. The minimum absolute atomic E-state index is 0.0526. The zero-order valence-electron chi connectivity index (χ0n) is 7.16. The molecule has 0 aliphatic carbocycles. The lowest BCUT2D eigenvalue weighted by atomic mass is 10.00. The van der Waals surface area contributed by atoms with Gasteiger partial charge in [-0.1, -0.05) is 18.2 Å². The van der Waals surface area contributed by atoms with E-state index in [4.69, 9.17) is 11.6 Å². The average molecular weight is 196 g/mol. The summed E-state index contributed by atoms with van der Waals surface area (Å²) >= 11 is 5.65. The van der Waals surface area contributed by atoms with E-state index in [2.05, 4.69) is 0 Å². The van der Waals surface area contributed by atoms with Crippen LogP contribution in [-0.2, 0) is 6.42 Å². The van der Waals surface area contributed by atoms with Gasteiger partial charge in [0.25, 0.3) is 5.91 Å². The molecule has 1 aliphatic heterocycles. The first-order valence-corrected chi connectivity index (χ1v) is 4.79. The highest BCUT2D eigenvalue weighted by atomic mass is 35.5. The van der Waals surface area contributed by atoms with Crippen LogP contribution in [-0.4, -0.2) is 23.4 Å². The molecule has 0 saturated heterocycles. The van der Waals surface area contributed by atoms with Crippen molar-refractivity contribution in [2.24, 2.45) is 0 Å². The standard InChI is InChI=1S/C10H10ClNO/c11-7-12-6-5-8-3-1-2-4-9(8)10(12)13/h1-4H,5-7H2. The van der Waals surface area contributed by atoms with Crippen molar-refractivity contribution in [1.29, 1.82) is 0 Å². The van der Waals surface area contributed by atoms with Crippen molar-refractivity contribution >= 4 is 17.5 Å². The summed E-state index contributed by atoms with van der Waals surface area (Å²) in [5.74, 6) is 0.0526. The summed E-state index contributed by atoms with van der Waals surface area (Å²) in [6.45, 7) is 0.735. The van der Waals surface area contributed by atoms with E-state index in [0.717, 1.165) is 24.1 Å². The Morgan fingerprint density at radius 3 is 2.92 bits per heavy atom. The second kappa shape index (κ2) is 3.38. The van der Waals surface area contributed by atoms with Gasteiger partial charge in [0.05, 0.1) is 6.00 Å². The molecule has 3 heteroatoms. The second-order valence-electron chi connectivity index (χ2n) is 3.10. The lowest BCUT2D eigenvalue weighted by Gasteiger charge is -2.26. The summed E-state index contributed by atoms with van der Waals surface area (Å²) < 4.78 is 0. The summed E-state index contributed by atoms with van der Waals surface area (Å²) in [6, 6.07) is 7.99. The van der Waals surface area contributed by atoms with Gasteiger partial charge in [-0.15, -0.1) is 11.6 Å². The Labute approximate surface area is 82.1 Å². The smallest absolute Gasteiger partial charge is 0.255 e. The minimum Gasteiger partial charge on any atom is -0.325 e. The molecule has 0 fully saturated rings. The molecule has 0 spiro atoms. The molecule has 0 bridgehead atoms. The van der Waals surface area contributed by atoms with Gasteiger partial charge in [0.2, 0.25) is 0 Å². The van der Waals surface area contributed by atoms with Crippen LogP contribution >= 0.6 is 11.6 Å². The van der Waals surface area contributed by atoms with E-state index in [-0.39, 0.29) is 11.9 Å². The van der Waals surface area contributed by atoms with E-state index in [9.17, 15) is 4.79 Å². The van der Waals surface area contributed by atoms with Crippen LogP contribution in [0.1, 0.15) is 15.9 Å². The van der Waals surface area contributed by atoms with E-state index in [0.29, 0.717) is 0 Å². The van der Waals surface area contributed by atoms with Crippen molar-refractivity contribution in [1.82, 2.24) is 4.90 Å². The number of hydrogen-bond donors (Lipinski definition) is 0. The molecule has 0 aromatic heterocycles. The Morgan fingerprint density at radius 2 is 2.15 bits per heavy atom. The maximum Gasteiger partial charge on any atom is 0.255 e. The summed E-state index contributed by atoms with van der Waals surface area (Å²) in [4.78, 5) is 13.3. The third kappa shape index (κ3) is 1.42. The highest BCUT2D eigenvalue weighted by Gasteiger charge is 2.22. The van der Waals surface area contributed by atoms with Crippen LogP contribution in [0, 0.1) is 0 Å². The van der Waals surface area contributed by atoms with Crippen molar-refractivity contribution in [3.8, 4) is 0 Å². The molecule has 0 radical (unpaired) electrons. The SMILES string of the molecule is O=C1c2ccccc2CCN1CCl. The number of hydrogen-bond acceptors (Lipinski definition) is 1. The van der Waals surface area contributed by atoms with Crippen LogP contribution in [0.2, 0.25) is 0 Å². The summed E-state index contributed by atoms with van der Waals surface area (Å²) in [5, 5.41) is 0. The molecule has 0 unspecified atom stereocenters. The molecule has 1 aromatic carbocycles. The monoisotopic (exact) mass is 195 g/mol. The minimum atomic E-state index is 0.0526. The van der Waals surface area contributed by atoms with E-state index >= 15 is 0 Å². The first kappa shape index (κ1) is 8.57. The highest BCUT2D eigenvalue weighted by molar-refractivity contribution is 6.19. The normalized spacial score (nSPS) is 15.8. The Kier molecular flexibility index (Phi) is 2.23. The average Bonchev–Trinajstić information content (AvgIpc) is 2.19. The number of nitrogens with zero attached hydrogens (tertiary/aromatic N) is 1.